The Labute approximate surface area is 114 Å². The standard InChI is InChI=1S/C13H17N3O.C2H6/c1-7-5-10-11(16-12(14)15-10)6-9(7)13(3,4)8(2)17;1-2/h5-6H,1-4H3,(H3,14,15,16);1-2H3. The average molecular weight is 261 g/mol. The number of anilines is 1. The van der Waals surface area contributed by atoms with E-state index in [2.05, 4.69) is 9.97 Å². The third-order valence-electron chi connectivity index (χ3n) is 3.40. The van der Waals surface area contributed by atoms with E-state index in [0.29, 0.717) is 5.95 Å². The van der Waals surface area contributed by atoms with E-state index in [9.17, 15) is 4.79 Å². The Balaban J connectivity index is 0.000000861. The van der Waals surface area contributed by atoms with Gasteiger partial charge >= 0.3 is 0 Å². The number of carbonyl (C=O) groups is 1. The lowest BCUT2D eigenvalue weighted by molar-refractivity contribution is -0.121. The Hall–Kier alpha value is -1.84. The van der Waals surface area contributed by atoms with E-state index >= 15 is 0 Å². The minimum absolute atomic E-state index is 0.142. The number of aromatic amines is 1. The second kappa shape index (κ2) is 5.43. The Morgan fingerprint density at radius 2 is 1.89 bits per heavy atom. The van der Waals surface area contributed by atoms with Gasteiger partial charge in [-0.15, -0.1) is 0 Å². The molecule has 1 aromatic carbocycles. The lowest BCUT2D eigenvalue weighted by Crippen LogP contribution is -2.27. The number of ketones is 1. The molecule has 104 valence electrons. The van der Waals surface area contributed by atoms with Crippen LogP contribution in [-0.2, 0) is 10.2 Å². The van der Waals surface area contributed by atoms with Crippen LogP contribution in [0.3, 0.4) is 0 Å². The molecule has 0 bridgehead atoms. The molecule has 0 aliphatic rings. The molecule has 0 atom stereocenters. The monoisotopic (exact) mass is 261 g/mol. The van der Waals surface area contributed by atoms with Gasteiger partial charge in [0.1, 0.15) is 5.78 Å². The summed E-state index contributed by atoms with van der Waals surface area (Å²) in [5.41, 5.74) is 8.92. The lowest BCUT2D eigenvalue weighted by Gasteiger charge is -2.23. The molecule has 1 heterocycles. The third-order valence-corrected chi connectivity index (χ3v) is 3.40. The third kappa shape index (κ3) is 2.78. The van der Waals surface area contributed by atoms with E-state index in [1.807, 2.05) is 46.8 Å². The predicted molar refractivity (Wildman–Crippen MR) is 80.3 cm³/mol. The van der Waals surface area contributed by atoms with Crippen LogP contribution in [0.5, 0.6) is 0 Å². The van der Waals surface area contributed by atoms with Crippen molar-refractivity contribution in [1.82, 2.24) is 9.97 Å². The zero-order valence-electron chi connectivity index (χ0n) is 12.6. The van der Waals surface area contributed by atoms with Crippen LogP contribution in [0.2, 0.25) is 0 Å². The fraction of sp³-hybridized carbons (Fsp3) is 0.467. The molecule has 0 aliphatic carbocycles. The van der Waals surface area contributed by atoms with Gasteiger partial charge < -0.3 is 10.7 Å². The van der Waals surface area contributed by atoms with Gasteiger partial charge in [-0.05, 0) is 51.0 Å². The molecule has 0 spiro atoms. The molecule has 4 heteroatoms. The van der Waals surface area contributed by atoms with E-state index in [0.717, 1.165) is 22.2 Å². The molecule has 4 nitrogen and oxygen atoms in total. The topological polar surface area (TPSA) is 71.8 Å². The number of H-pyrrole nitrogens is 1. The number of rotatable bonds is 2. The molecular formula is C15H23N3O. The zero-order valence-corrected chi connectivity index (χ0v) is 12.6. The number of aromatic nitrogens is 2. The number of fused-ring (bicyclic) bond motifs is 1. The summed E-state index contributed by atoms with van der Waals surface area (Å²) in [6, 6.07) is 3.93. The van der Waals surface area contributed by atoms with Crippen molar-refractivity contribution < 1.29 is 4.79 Å². The number of hydrogen-bond donors (Lipinski definition) is 2. The van der Waals surface area contributed by atoms with Crippen molar-refractivity contribution >= 4 is 22.8 Å². The van der Waals surface area contributed by atoms with Gasteiger partial charge in [-0.1, -0.05) is 13.8 Å². The van der Waals surface area contributed by atoms with Crippen LogP contribution in [0, 0.1) is 6.92 Å². The number of nitrogens with zero attached hydrogens (tertiary/aromatic N) is 1. The molecule has 0 unspecified atom stereocenters. The van der Waals surface area contributed by atoms with Crippen molar-refractivity contribution in [3.8, 4) is 0 Å². The number of imidazole rings is 1. The van der Waals surface area contributed by atoms with E-state index in [1.165, 1.54) is 0 Å². The lowest BCUT2D eigenvalue weighted by atomic mass is 9.79. The van der Waals surface area contributed by atoms with Crippen LogP contribution in [0.4, 0.5) is 5.95 Å². The molecule has 0 amide bonds. The summed E-state index contributed by atoms with van der Waals surface area (Å²) in [5.74, 6) is 0.542. The molecule has 2 aromatic rings. The van der Waals surface area contributed by atoms with Gasteiger partial charge in [-0.3, -0.25) is 4.79 Å². The van der Waals surface area contributed by atoms with Crippen molar-refractivity contribution in [2.45, 2.75) is 47.0 Å². The minimum Gasteiger partial charge on any atom is -0.369 e. The van der Waals surface area contributed by atoms with Gasteiger partial charge in [0, 0.05) is 5.41 Å². The first kappa shape index (κ1) is 15.2. The number of benzene rings is 1. The maximum absolute atomic E-state index is 11.7. The largest absolute Gasteiger partial charge is 0.369 e. The highest BCUT2D eigenvalue weighted by atomic mass is 16.1. The second-order valence-corrected chi connectivity index (χ2v) is 4.99. The number of nitrogens with two attached hydrogens (primary N) is 1. The Kier molecular flexibility index (Phi) is 4.35. The van der Waals surface area contributed by atoms with Gasteiger partial charge in [0.25, 0.3) is 0 Å². The minimum atomic E-state index is -0.494. The highest BCUT2D eigenvalue weighted by Crippen LogP contribution is 2.30. The summed E-state index contributed by atoms with van der Waals surface area (Å²) in [4.78, 5) is 18.9. The first-order valence-corrected chi connectivity index (χ1v) is 6.59. The van der Waals surface area contributed by atoms with Crippen molar-refractivity contribution in [3.63, 3.8) is 0 Å². The van der Waals surface area contributed by atoms with Crippen molar-refractivity contribution in [2.75, 3.05) is 5.73 Å². The molecule has 2 rings (SSSR count). The molecule has 0 saturated heterocycles. The molecule has 1 aromatic heterocycles. The summed E-state index contributed by atoms with van der Waals surface area (Å²) in [6.07, 6.45) is 0. The van der Waals surface area contributed by atoms with E-state index in [1.54, 1.807) is 6.92 Å². The Bertz CT molecular complexity index is 597. The molecule has 19 heavy (non-hydrogen) atoms. The van der Waals surface area contributed by atoms with Crippen LogP contribution in [0.25, 0.3) is 11.0 Å². The number of hydrogen-bond acceptors (Lipinski definition) is 3. The van der Waals surface area contributed by atoms with Crippen LogP contribution < -0.4 is 5.73 Å². The number of nitrogens with one attached hydrogen (secondary N) is 1. The molecule has 0 aliphatic heterocycles. The average Bonchev–Trinajstić information content (AvgIpc) is 2.69. The van der Waals surface area contributed by atoms with Gasteiger partial charge in [0.15, 0.2) is 5.95 Å². The van der Waals surface area contributed by atoms with E-state index in [-0.39, 0.29) is 5.78 Å². The first-order valence-electron chi connectivity index (χ1n) is 6.59. The SMILES string of the molecule is CC.CC(=O)C(C)(C)c1cc2nc(N)[nH]c2cc1C. The highest BCUT2D eigenvalue weighted by Gasteiger charge is 2.28. The van der Waals surface area contributed by atoms with Gasteiger partial charge in [0.05, 0.1) is 11.0 Å². The van der Waals surface area contributed by atoms with Crippen molar-refractivity contribution in [2.24, 2.45) is 0 Å². The van der Waals surface area contributed by atoms with Crippen LogP contribution in [-0.4, -0.2) is 15.8 Å². The van der Waals surface area contributed by atoms with Gasteiger partial charge in [0.2, 0.25) is 0 Å². The maximum Gasteiger partial charge on any atom is 0.198 e. The first-order chi connectivity index (χ1) is 8.82. The summed E-state index contributed by atoms with van der Waals surface area (Å²) in [6.45, 7) is 11.5. The number of nitrogen functional groups attached to an aromatic ring is 1. The maximum atomic E-state index is 11.7. The number of Topliss-reactive ketones (excluding diaryl/α,β-unsaturated/α-hetero) is 1. The number of aryl methyl sites for hydroxylation is 1. The molecule has 0 saturated carbocycles. The smallest absolute Gasteiger partial charge is 0.198 e. The van der Waals surface area contributed by atoms with Gasteiger partial charge in [-0.25, -0.2) is 4.98 Å². The van der Waals surface area contributed by atoms with Gasteiger partial charge in [-0.2, -0.15) is 0 Å². The molecule has 0 fully saturated rings. The Morgan fingerprint density at radius 1 is 1.32 bits per heavy atom. The normalized spacial score (nSPS) is 11.1. The highest BCUT2D eigenvalue weighted by molar-refractivity contribution is 5.89. The summed E-state index contributed by atoms with van der Waals surface area (Å²) < 4.78 is 0. The van der Waals surface area contributed by atoms with E-state index < -0.39 is 5.41 Å². The summed E-state index contributed by atoms with van der Waals surface area (Å²) in [7, 11) is 0. The van der Waals surface area contributed by atoms with Crippen molar-refractivity contribution in [1.29, 1.82) is 0 Å². The zero-order chi connectivity index (χ0) is 14.8. The van der Waals surface area contributed by atoms with Crippen molar-refractivity contribution in [3.05, 3.63) is 23.3 Å². The summed E-state index contributed by atoms with van der Waals surface area (Å²) in [5, 5.41) is 0. The molecule has 0 radical (unpaired) electrons. The molecule has 3 N–H and O–H groups in total. The fourth-order valence-electron chi connectivity index (χ4n) is 2.05. The second-order valence-electron chi connectivity index (χ2n) is 4.99. The van der Waals surface area contributed by atoms with Crippen LogP contribution in [0.15, 0.2) is 12.1 Å². The van der Waals surface area contributed by atoms with E-state index in [4.69, 9.17) is 5.73 Å². The number of carbonyl (C=O) groups excluding carboxylic acids is 1. The predicted octanol–water partition coefficient (Wildman–Crippen LogP) is 3.35. The van der Waals surface area contributed by atoms with Crippen LogP contribution in [0.1, 0.15) is 45.7 Å². The summed E-state index contributed by atoms with van der Waals surface area (Å²) >= 11 is 0. The molecular weight excluding hydrogens is 238 g/mol. The van der Waals surface area contributed by atoms with Crippen LogP contribution >= 0.6 is 0 Å². The fourth-order valence-corrected chi connectivity index (χ4v) is 2.05. The quantitative estimate of drug-likeness (QED) is 0.870. The Morgan fingerprint density at radius 3 is 2.42 bits per heavy atom.